The van der Waals surface area contributed by atoms with Crippen LogP contribution >= 0.6 is 0 Å². The molecule has 3 heterocycles. The zero-order chi connectivity index (χ0) is 23.3. The normalized spacial score (nSPS) is 25.3. The number of allylic oxidation sites excluding steroid dienone is 2. The van der Waals surface area contributed by atoms with Crippen LogP contribution in [0.2, 0.25) is 0 Å². The zero-order valence-corrected chi connectivity index (χ0v) is 20.0. The van der Waals surface area contributed by atoms with Crippen LogP contribution in [0.3, 0.4) is 0 Å². The second kappa shape index (κ2) is 7.90. The van der Waals surface area contributed by atoms with Crippen molar-refractivity contribution in [2.75, 3.05) is 18.4 Å². The maximum atomic E-state index is 15.5. The highest BCUT2D eigenvalue weighted by Crippen LogP contribution is 2.38. The molecule has 3 aliphatic rings. The van der Waals surface area contributed by atoms with Crippen molar-refractivity contribution in [1.29, 1.82) is 0 Å². The maximum Gasteiger partial charge on any atom is 0.191 e. The number of fused-ring (bicyclic) bond motifs is 1. The lowest BCUT2D eigenvalue weighted by Gasteiger charge is -2.48. The van der Waals surface area contributed by atoms with Crippen molar-refractivity contribution in [3.05, 3.63) is 65.4 Å². The molecule has 0 bridgehead atoms. The van der Waals surface area contributed by atoms with E-state index in [0.29, 0.717) is 5.82 Å². The molecule has 0 amide bonds. The summed E-state index contributed by atoms with van der Waals surface area (Å²) < 4.78 is 15.5. The Bertz CT molecular complexity index is 975. The van der Waals surface area contributed by atoms with Gasteiger partial charge in [-0.05, 0) is 89.9 Å². The molecule has 174 valence electrons. The summed E-state index contributed by atoms with van der Waals surface area (Å²) in [7, 11) is 0. The van der Waals surface area contributed by atoms with Crippen LogP contribution in [0.15, 0.2) is 54.3 Å². The molecule has 1 aromatic carbocycles. The van der Waals surface area contributed by atoms with Crippen LogP contribution in [-0.4, -0.2) is 45.5 Å². The molecule has 0 aliphatic carbocycles. The highest BCUT2D eigenvalue weighted by Gasteiger charge is 2.51. The molecular weight excluding hydrogens is 405 g/mol. The number of benzene rings is 1. The van der Waals surface area contributed by atoms with E-state index >= 15 is 4.39 Å². The molecule has 0 saturated heterocycles. The fourth-order valence-corrected chi connectivity index (χ4v) is 4.81. The minimum absolute atomic E-state index is 0.105. The van der Waals surface area contributed by atoms with Crippen LogP contribution < -0.4 is 16.0 Å². The summed E-state index contributed by atoms with van der Waals surface area (Å²) in [5, 5.41) is 25.5. The van der Waals surface area contributed by atoms with Crippen molar-refractivity contribution < 1.29 is 9.50 Å². The molecule has 7 heteroatoms. The smallest absolute Gasteiger partial charge is 0.191 e. The first-order valence-electron chi connectivity index (χ1n) is 11.4. The van der Waals surface area contributed by atoms with E-state index in [1.165, 1.54) is 17.2 Å². The number of aliphatic hydroxyl groups is 1. The van der Waals surface area contributed by atoms with Gasteiger partial charge in [0.25, 0.3) is 0 Å². The molecule has 0 saturated carbocycles. The van der Waals surface area contributed by atoms with Gasteiger partial charge < -0.3 is 21.1 Å². The van der Waals surface area contributed by atoms with Crippen LogP contribution in [0.25, 0.3) is 0 Å². The van der Waals surface area contributed by atoms with E-state index in [4.69, 9.17) is 0 Å². The summed E-state index contributed by atoms with van der Waals surface area (Å²) in [4.78, 5) is 0. The molecule has 4 N–H and O–H groups in total. The molecular formula is C25H36FN5O. The van der Waals surface area contributed by atoms with E-state index in [1.807, 2.05) is 17.3 Å². The van der Waals surface area contributed by atoms with Crippen molar-refractivity contribution in [3.63, 3.8) is 0 Å². The summed E-state index contributed by atoms with van der Waals surface area (Å²) in [6, 6.07) is 6.40. The molecule has 1 unspecified atom stereocenters. The van der Waals surface area contributed by atoms with Gasteiger partial charge in [-0.2, -0.15) is 0 Å². The second-order valence-electron chi connectivity index (χ2n) is 10.2. The molecule has 1 atom stereocenters. The zero-order valence-electron chi connectivity index (χ0n) is 20.0. The number of hydrogen-bond donors (Lipinski definition) is 4. The summed E-state index contributed by atoms with van der Waals surface area (Å²) in [5.41, 5.74) is 0.164. The molecule has 32 heavy (non-hydrogen) atoms. The van der Waals surface area contributed by atoms with Gasteiger partial charge in [-0.15, -0.1) is 0 Å². The quantitative estimate of drug-likeness (QED) is 0.559. The Morgan fingerprint density at radius 3 is 2.66 bits per heavy atom. The first-order chi connectivity index (χ1) is 14.9. The average molecular weight is 442 g/mol. The second-order valence-corrected chi connectivity index (χ2v) is 10.2. The van der Waals surface area contributed by atoms with E-state index in [9.17, 15) is 5.11 Å². The number of hydrazine groups is 1. The van der Waals surface area contributed by atoms with Gasteiger partial charge in [-0.1, -0.05) is 12.1 Å². The first-order valence-corrected chi connectivity index (χ1v) is 11.4. The molecule has 0 radical (unpaired) electrons. The topological polar surface area (TPSA) is 62.8 Å². The van der Waals surface area contributed by atoms with Gasteiger partial charge >= 0.3 is 0 Å². The van der Waals surface area contributed by atoms with E-state index in [-0.39, 0.29) is 11.6 Å². The number of anilines is 1. The Balaban J connectivity index is 1.69. The Hall–Kier alpha value is -2.35. The van der Waals surface area contributed by atoms with Gasteiger partial charge in [0, 0.05) is 30.0 Å². The molecule has 3 aliphatic heterocycles. The predicted octanol–water partition coefficient (Wildman–Crippen LogP) is 3.70. The summed E-state index contributed by atoms with van der Waals surface area (Å²) >= 11 is 0. The third kappa shape index (κ3) is 3.83. The van der Waals surface area contributed by atoms with Crippen molar-refractivity contribution in [1.82, 2.24) is 20.7 Å². The number of nitrogens with one attached hydrogen (secondary N) is 3. The van der Waals surface area contributed by atoms with Crippen molar-refractivity contribution in [2.45, 2.75) is 70.8 Å². The third-order valence-corrected chi connectivity index (χ3v) is 6.71. The van der Waals surface area contributed by atoms with Crippen LogP contribution in [0.5, 0.6) is 0 Å². The summed E-state index contributed by atoms with van der Waals surface area (Å²) in [5.74, 6) is 0.236. The fraction of sp³-hybridized carbons (Fsp3) is 0.520. The van der Waals surface area contributed by atoms with E-state index in [2.05, 4.69) is 66.9 Å². The minimum atomic E-state index is -1.52. The highest BCUT2D eigenvalue weighted by atomic mass is 19.1. The van der Waals surface area contributed by atoms with Gasteiger partial charge in [0.2, 0.25) is 0 Å². The Morgan fingerprint density at radius 2 is 1.97 bits per heavy atom. The highest BCUT2D eigenvalue weighted by molar-refractivity contribution is 5.56. The summed E-state index contributed by atoms with van der Waals surface area (Å²) in [6.07, 6.45) is 8.09. The number of rotatable bonds is 5. The van der Waals surface area contributed by atoms with E-state index in [1.54, 1.807) is 19.9 Å². The lowest BCUT2D eigenvalue weighted by molar-refractivity contribution is -0.0144. The van der Waals surface area contributed by atoms with Gasteiger partial charge in [0.1, 0.15) is 17.2 Å². The molecule has 4 rings (SSSR count). The largest absolute Gasteiger partial charge is 0.386 e. The van der Waals surface area contributed by atoms with Gasteiger partial charge in [0.05, 0.1) is 0 Å². The first kappa shape index (κ1) is 22.8. The van der Waals surface area contributed by atoms with E-state index < -0.39 is 17.1 Å². The average Bonchev–Trinajstić information content (AvgIpc) is 3.19. The summed E-state index contributed by atoms with van der Waals surface area (Å²) in [6.45, 7) is 13.5. The predicted molar refractivity (Wildman–Crippen MR) is 127 cm³/mol. The molecule has 6 nitrogen and oxygen atoms in total. The van der Waals surface area contributed by atoms with Gasteiger partial charge in [0.15, 0.2) is 5.66 Å². The molecule has 0 spiro atoms. The molecule has 0 aromatic heterocycles. The van der Waals surface area contributed by atoms with Crippen molar-refractivity contribution in [3.8, 4) is 0 Å². The number of hydrogen-bond acceptors (Lipinski definition) is 6. The monoisotopic (exact) mass is 441 g/mol. The lowest BCUT2D eigenvalue weighted by atomic mass is 9.84. The van der Waals surface area contributed by atoms with Crippen LogP contribution in [0, 0.1) is 0 Å². The maximum absolute atomic E-state index is 15.5. The van der Waals surface area contributed by atoms with Crippen molar-refractivity contribution >= 4 is 5.69 Å². The standard InChI is InChI=1S/C25H36FN5O/c1-17(2)30-14-7-15-31(30)22-11-10-21(26)25(29-22,24(5,6)32)28-19-8-9-20-18(16-19)12-13-27-23(20,3)4/h7-11,15-17,27-29,32H,12-14H2,1-6H3. The Morgan fingerprint density at radius 1 is 1.22 bits per heavy atom. The number of nitrogens with zero attached hydrogens (tertiary/aromatic N) is 2. The SMILES string of the molecule is CC(C)N1CC=CN1C1=CC=C(F)C(Nc2ccc3c(c2)CCNC3(C)C)(C(C)(C)O)N1. The van der Waals surface area contributed by atoms with Crippen LogP contribution in [0.4, 0.5) is 10.1 Å². The van der Waals surface area contributed by atoms with Gasteiger partial charge in [-0.25, -0.2) is 9.40 Å². The number of halogens is 1. The van der Waals surface area contributed by atoms with Crippen LogP contribution in [0.1, 0.15) is 52.7 Å². The Labute approximate surface area is 190 Å². The van der Waals surface area contributed by atoms with Crippen LogP contribution in [-0.2, 0) is 12.0 Å². The third-order valence-electron chi connectivity index (χ3n) is 6.71. The number of dihydropyridines is 1. The lowest BCUT2D eigenvalue weighted by Crippen LogP contribution is -2.67. The van der Waals surface area contributed by atoms with Gasteiger partial charge in [-0.3, -0.25) is 5.01 Å². The molecule has 1 aromatic rings. The fourth-order valence-electron chi connectivity index (χ4n) is 4.81. The Kier molecular flexibility index (Phi) is 5.64. The minimum Gasteiger partial charge on any atom is -0.386 e. The van der Waals surface area contributed by atoms with E-state index in [0.717, 1.165) is 25.2 Å². The molecule has 0 fully saturated rings. The van der Waals surface area contributed by atoms with Crippen molar-refractivity contribution in [2.24, 2.45) is 0 Å².